The maximum absolute atomic E-state index is 11.0. The molecule has 0 radical (unpaired) electrons. The van der Waals surface area contributed by atoms with Crippen molar-refractivity contribution in [2.45, 2.75) is 17.1 Å². The lowest BCUT2D eigenvalue weighted by molar-refractivity contribution is 0.0696. The lowest BCUT2D eigenvalue weighted by atomic mass is 10.2. The highest BCUT2D eigenvalue weighted by molar-refractivity contribution is 7.99. The molecule has 0 saturated heterocycles. The molecule has 0 atom stereocenters. The molecule has 98 valence electrons. The maximum Gasteiger partial charge on any atom is 0.335 e. The molecular weight excluding hydrogens is 266 g/mol. The number of nitrogen functional groups attached to an aromatic ring is 2. The fraction of sp³-hybridized carbons (Fsp3) is 0.0909. The van der Waals surface area contributed by atoms with Gasteiger partial charge in [0.1, 0.15) is 16.7 Å². The Balaban J connectivity index is 2.35. The topological polar surface area (TPSA) is 128 Å². The number of carboxylic acids is 1. The van der Waals surface area contributed by atoms with E-state index < -0.39 is 5.97 Å². The summed E-state index contributed by atoms with van der Waals surface area (Å²) in [5.41, 5.74) is 11.9. The number of aromatic nitrogens is 3. The van der Waals surface area contributed by atoms with Gasteiger partial charge in [0.15, 0.2) is 5.16 Å². The molecule has 2 aromatic rings. The van der Waals surface area contributed by atoms with Crippen LogP contribution in [0.5, 0.6) is 0 Å². The van der Waals surface area contributed by atoms with E-state index in [1.807, 2.05) is 0 Å². The Kier molecular flexibility index (Phi) is 3.52. The normalized spacial score (nSPS) is 10.4. The SMILES string of the molecule is Cc1cc(C(=O)O)cc(Sc2nc(N)cc(N)n2)n1. The van der Waals surface area contributed by atoms with Crippen molar-refractivity contribution in [1.82, 2.24) is 15.0 Å². The molecule has 5 N–H and O–H groups in total. The summed E-state index contributed by atoms with van der Waals surface area (Å²) in [4.78, 5) is 23.2. The first-order valence-electron chi connectivity index (χ1n) is 5.24. The quantitative estimate of drug-likeness (QED) is 0.714. The van der Waals surface area contributed by atoms with Crippen molar-refractivity contribution in [2.75, 3.05) is 11.5 Å². The maximum atomic E-state index is 11.0. The van der Waals surface area contributed by atoms with Gasteiger partial charge in [0.05, 0.1) is 5.56 Å². The zero-order valence-electron chi connectivity index (χ0n) is 9.99. The summed E-state index contributed by atoms with van der Waals surface area (Å²) in [5.74, 6) is -0.511. The van der Waals surface area contributed by atoms with Crippen LogP contribution in [-0.2, 0) is 0 Å². The second kappa shape index (κ2) is 5.11. The summed E-state index contributed by atoms with van der Waals surface area (Å²) in [6, 6.07) is 4.38. The summed E-state index contributed by atoms with van der Waals surface area (Å²) in [7, 11) is 0. The molecule has 2 heterocycles. The molecule has 0 amide bonds. The minimum Gasteiger partial charge on any atom is -0.478 e. The van der Waals surface area contributed by atoms with Crippen molar-refractivity contribution in [3.63, 3.8) is 0 Å². The van der Waals surface area contributed by atoms with Crippen LogP contribution in [0.1, 0.15) is 16.1 Å². The third-order valence-corrected chi connectivity index (χ3v) is 2.90. The van der Waals surface area contributed by atoms with E-state index in [4.69, 9.17) is 16.6 Å². The molecule has 0 aliphatic carbocycles. The fourth-order valence-corrected chi connectivity index (χ4v) is 2.28. The van der Waals surface area contributed by atoms with Crippen LogP contribution in [0.4, 0.5) is 11.6 Å². The van der Waals surface area contributed by atoms with E-state index >= 15 is 0 Å². The third kappa shape index (κ3) is 3.32. The van der Waals surface area contributed by atoms with Crippen molar-refractivity contribution in [1.29, 1.82) is 0 Å². The third-order valence-electron chi connectivity index (χ3n) is 2.12. The number of hydrogen-bond donors (Lipinski definition) is 3. The van der Waals surface area contributed by atoms with Crippen LogP contribution in [0, 0.1) is 6.92 Å². The number of nitrogens with zero attached hydrogens (tertiary/aromatic N) is 3. The molecule has 0 bridgehead atoms. The number of pyridine rings is 1. The summed E-state index contributed by atoms with van der Waals surface area (Å²) in [6.07, 6.45) is 0. The molecule has 0 spiro atoms. The van der Waals surface area contributed by atoms with E-state index in [1.165, 1.54) is 18.2 Å². The minimum atomic E-state index is -1.01. The van der Waals surface area contributed by atoms with Gasteiger partial charge in [-0.15, -0.1) is 0 Å². The first-order chi connectivity index (χ1) is 8.94. The molecule has 0 aliphatic heterocycles. The standard InChI is InChI=1S/C11H11N5O2S/c1-5-2-6(10(17)18)3-9(14-5)19-11-15-7(12)4-8(13)16-11/h2-4H,1H3,(H,17,18)(H4,12,13,15,16). The van der Waals surface area contributed by atoms with Gasteiger partial charge in [0.25, 0.3) is 0 Å². The predicted octanol–water partition coefficient (Wildman–Crippen LogP) is 1.19. The van der Waals surface area contributed by atoms with Crippen LogP contribution >= 0.6 is 11.8 Å². The number of nitrogens with two attached hydrogens (primary N) is 2. The molecule has 19 heavy (non-hydrogen) atoms. The van der Waals surface area contributed by atoms with Crippen molar-refractivity contribution >= 4 is 29.4 Å². The van der Waals surface area contributed by atoms with Gasteiger partial charge < -0.3 is 16.6 Å². The van der Waals surface area contributed by atoms with Crippen molar-refractivity contribution < 1.29 is 9.90 Å². The number of rotatable bonds is 3. The lowest BCUT2D eigenvalue weighted by Crippen LogP contribution is -2.01. The molecule has 8 heteroatoms. The molecule has 0 saturated carbocycles. The second-order valence-electron chi connectivity index (χ2n) is 3.74. The molecular formula is C11H11N5O2S. The van der Waals surface area contributed by atoms with E-state index in [0.29, 0.717) is 15.9 Å². The van der Waals surface area contributed by atoms with Crippen molar-refractivity contribution in [3.8, 4) is 0 Å². The number of aryl methyl sites for hydroxylation is 1. The monoisotopic (exact) mass is 277 g/mol. The average molecular weight is 277 g/mol. The van der Waals surface area contributed by atoms with Gasteiger partial charge in [-0.05, 0) is 30.8 Å². The number of carboxylic acid groups (broad SMARTS) is 1. The minimum absolute atomic E-state index is 0.159. The Morgan fingerprint density at radius 2 is 1.79 bits per heavy atom. The summed E-state index contributed by atoms with van der Waals surface area (Å²) in [5, 5.41) is 9.78. The van der Waals surface area contributed by atoms with Gasteiger partial charge in [0.2, 0.25) is 0 Å². The van der Waals surface area contributed by atoms with Gasteiger partial charge in [-0.25, -0.2) is 19.7 Å². The zero-order chi connectivity index (χ0) is 14.0. The largest absolute Gasteiger partial charge is 0.478 e. The average Bonchev–Trinajstić information content (AvgIpc) is 2.26. The Hall–Kier alpha value is -2.35. The van der Waals surface area contributed by atoms with Gasteiger partial charge in [0, 0.05) is 11.8 Å². The number of aromatic carboxylic acids is 1. The first kappa shape index (κ1) is 13.1. The smallest absolute Gasteiger partial charge is 0.335 e. The molecule has 7 nitrogen and oxygen atoms in total. The highest BCUT2D eigenvalue weighted by Gasteiger charge is 2.10. The Labute approximate surface area is 113 Å². The van der Waals surface area contributed by atoms with Gasteiger partial charge in [-0.2, -0.15) is 0 Å². The molecule has 0 fully saturated rings. The van der Waals surface area contributed by atoms with Crippen LogP contribution in [0.2, 0.25) is 0 Å². The van der Waals surface area contributed by atoms with Crippen molar-refractivity contribution in [3.05, 3.63) is 29.5 Å². The molecule has 2 rings (SSSR count). The van der Waals surface area contributed by atoms with Crippen LogP contribution in [0.15, 0.2) is 28.4 Å². The van der Waals surface area contributed by atoms with E-state index in [2.05, 4.69) is 15.0 Å². The first-order valence-corrected chi connectivity index (χ1v) is 6.05. The van der Waals surface area contributed by atoms with E-state index in [0.717, 1.165) is 11.8 Å². The van der Waals surface area contributed by atoms with Crippen LogP contribution in [0.3, 0.4) is 0 Å². The number of anilines is 2. The van der Waals surface area contributed by atoms with E-state index in [-0.39, 0.29) is 17.2 Å². The van der Waals surface area contributed by atoms with Crippen LogP contribution < -0.4 is 11.5 Å². The number of carbonyl (C=O) groups is 1. The Bertz CT molecular complexity index is 627. The Morgan fingerprint density at radius 1 is 1.16 bits per heavy atom. The highest BCUT2D eigenvalue weighted by Crippen LogP contribution is 2.25. The summed E-state index contributed by atoms with van der Waals surface area (Å²) < 4.78 is 0. The Morgan fingerprint density at radius 3 is 2.37 bits per heavy atom. The van der Waals surface area contributed by atoms with Crippen LogP contribution in [-0.4, -0.2) is 26.0 Å². The molecule has 2 aromatic heterocycles. The highest BCUT2D eigenvalue weighted by atomic mass is 32.2. The zero-order valence-corrected chi connectivity index (χ0v) is 10.8. The lowest BCUT2D eigenvalue weighted by Gasteiger charge is -2.04. The van der Waals surface area contributed by atoms with E-state index in [1.54, 1.807) is 6.92 Å². The van der Waals surface area contributed by atoms with Crippen LogP contribution in [0.25, 0.3) is 0 Å². The van der Waals surface area contributed by atoms with Gasteiger partial charge >= 0.3 is 5.97 Å². The molecule has 0 aromatic carbocycles. The number of hydrogen-bond acceptors (Lipinski definition) is 7. The fourth-order valence-electron chi connectivity index (χ4n) is 1.41. The summed E-state index contributed by atoms with van der Waals surface area (Å²) >= 11 is 1.10. The summed E-state index contributed by atoms with van der Waals surface area (Å²) in [6.45, 7) is 1.71. The molecule has 0 aliphatic rings. The van der Waals surface area contributed by atoms with Gasteiger partial charge in [-0.3, -0.25) is 0 Å². The van der Waals surface area contributed by atoms with Gasteiger partial charge in [-0.1, -0.05) is 0 Å². The van der Waals surface area contributed by atoms with Crippen molar-refractivity contribution in [2.24, 2.45) is 0 Å². The van der Waals surface area contributed by atoms with E-state index in [9.17, 15) is 4.79 Å². The molecule has 0 unspecified atom stereocenters. The predicted molar refractivity (Wildman–Crippen MR) is 70.9 cm³/mol. The second-order valence-corrected chi connectivity index (χ2v) is 4.73.